The minimum absolute atomic E-state index is 0.145. The van der Waals surface area contributed by atoms with Crippen molar-refractivity contribution >= 4 is 22.6 Å². The summed E-state index contributed by atoms with van der Waals surface area (Å²) in [4.78, 5) is 20.2. The SMILES string of the molecule is O=C(CC1CCCC1)Nc1cccc(CCc2nc3ccccc3[nH]2)c1. The number of carbonyl (C=O) groups excluding carboxylic acids is 1. The van der Waals surface area contributed by atoms with Gasteiger partial charge >= 0.3 is 0 Å². The number of fused-ring (bicyclic) bond motifs is 1. The highest BCUT2D eigenvalue weighted by Gasteiger charge is 2.18. The number of nitrogens with zero attached hydrogens (tertiary/aromatic N) is 1. The molecule has 26 heavy (non-hydrogen) atoms. The van der Waals surface area contributed by atoms with Crippen molar-refractivity contribution in [2.45, 2.75) is 44.9 Å². The van der Waals surface area contributed by atoms with Gasteiger partial charge in [0.25, 0.3) is 0 Å². The number of aromatic nitrogens is 2. The molecule has 1 fully saturated rings. The van der Waals surface area contributed by atoms with Crippen LogP contribution in [0.3, 0.4) is 0 Å². The zero-order valence-electron chi connectivity index (χ0n) is 15.0. The molecule has 1 saturated carbocycles. The number of amides is 1. The number of rotatable bonds is 6. The minimum atomic E-state index is 0.145. The molecule has 4 nitrogen and oxygen atoms in total. The van der Waals surface area contributed by atoms with Crippen LogP contribution in [-0.2, 0) is 17.6 Å². The standard InChI is InChI=1S/C22H25N3O/c26-22(15-16-6-1-2-7-16)23-18-9-5-8-17(14-18)12-13-21-24-19-10-3-4-11-20(19)25-21/h3-5,8-11,14,16H,1-2,6-7,12-13,15H2,(H,23,26)(H,24,25). The van der Waals surface area contributed by atoms with Crippen LogP contribution in [-0.4, -0.2) is 15.9 Å². The second-order valence-corrected chi connectivity index (χ2v) is 7.30. The summed E-state index contributed by atoms with van der Waals surface area (Å²) in [7, 11) is 0. The van der Waals surface area contributed by atoms with E-state index in [0.717, 1.165) is 35.4 Å². The molecule has 134 valence electrons. The lowest BCUT2D eigenvalue weighted by Gasteiger charge is -2.10. The highest BCUT2D eigenvalue weighted by molar-refractivity contribution is 5.90. The summed E-state index contributed by atoms with van der Waals surface area (Å²) in [5.74, 6) is 1.72. The summed E-state index contributed by atoms with van der Waals surface area (Å²) < 4.78 is 0. The number of imidazole rings is 1. The molecule has 1 aromatic heterocycles. The number of H-pyrrole nitrogens is 1. The largest absolute Gasteiger partial charge is 0.342 e. The fourth-order valence-electron chi connectivity index (χ4n) is 3.88. The molecular weight excluding hydrogens is 322 g/mol. The Morgan fingerprint density at radius 2 is 1.92 bits per heavy atom. The molecule has 4 heteroatoms. The number of nitrogens with one attached hydrogen (secondary N) is 2. The average molecular weight is 347 g/mol. The number of aromatic amines is 1. The smallest absolute Gasteiger partial charge is 0.224 e. The zero-order chi connectivity index (χ0) is 17.8. The van der Waals surface area contributed by atoms with Crippen molar-refractivity contribution < 1.29 is 4.79 Å². The van der Waals surface area contributed by atoms with E-state index in [1.54, 1.807) is 0 Å². The third-order valence-electron chi connectivity index (χ3n) is 5.25. The van der Waals surface area contributed by atoms with E-state index in [9.17, 15) is 4.79 Å². The van der Waals surface area contributed by atoms with Gasteiger partial charge in [0, 0.05) is 18.5 Å². The summed E-state index contributed by atoms with van der Waals surface area (Å²) in [6, 6.07) is 16.3. The average Bonchev–Trinajstić information content (AvgIpc) is 3.29. The van der Waals surface area contributed by atoms with Crippen LogP contribution in [0.5, 0.6) is 0 Å². The Labute approximate surface area is 154 Å². The van der Waals surface area contributed by atoms with E-state index in [0.29, 0.717) is 12.3 Å². The molecule has 3 aromatic rings. The highest BCUT2D eigenvalue weighted by Crippen LogP contribution is 2.27. The molecule has 0 unspecified atom stereocenters. The normalized spacial score (nSPS) is 14.8. The second kappa shape index (κ2) is 7.73. The first-order valence-corrected chi connectivity index (χ1v) is 9.59. The molecule has 0 bridgehead atoms. The van der Waals surface area contributed by atoms with Gasteiger partial charge in [0.15, 0.2) is 0 Å². The van der Waals surface area contributed by atoms with Crippen LogP contribution in [0, 0.1) is 5.92 Å². The van der Waals surface area contributed by atoms with Gasteiger partial charge in [-0.25, -0.2) is 4.98 Å². The lowest BCUT2D eigenvalue weighted by molar-refractivity contribution is -0.117. The van der Waals surface area contributed by atoms with Gasteiger partial charge in [-0.1, -0.05) is 37.1 Å². The number of hydrogen-bond acceptors (Lipinski definition) is 2. The van der Waals surface area contributed by atoms with E-state index in [1.807, 2.05) is 36.4 Å². The summed E-state index contributed by atoms with van der Waals surface area (Å²) in [6.07, 6.45) is 7.35. The van der Waals surface area contributed by atoms with Gasteiger partial charge in [0.1, 0.15) is 5.82 Å². The third-order valence-corrected chi connectivity index (χ3v) is 5.25. The molecule has 0 atom stereocenters. The Morgan fingerprint density at radius 3 is 2.77 bits per heavy atom. The molecule has 2 aromatic carbocycles. The van der Waals surface area contributed by atoms with E-state index in [4.69, 9.17) is 0 Å². The van der Waals surface area contributed by atoms with Crippen LogP contribution >= 0.6 is 0 Å². The van der Waals surface area contributed by atoms with Crippen LogP contribution in [0.1, 0.15) is 43.5 Å². The van der Waals surface area contributed by atoms with Crippen molar-refractivity contribution in [3.8, 4) is 0 Å². The maximum Gasteiger partial charge on any atom is 0.224 e. The number of para-hydroxylation sites is 2. The quantitative estimate of drug-likeness (QED) is 0.668. The highest BCUT2D eigenvalue weighted by atomic mass is 16.1. The molecule has 0 radical (unpaired) electrons. The fourth-order valence-corrected chi connectivity index (χ4v) is 3.88. The fraction of sp³-hybridized carbons (Fsp3) is 0.364. The number of aryl methyl sites for hydroxylation is 2. The van der Waals surface area contributed by atoms with Crippen LogP contribution in [0.4, 0.5) is 5.69 Å². The third kappa shape index (κ3) is 4.13. The number of hydrogen-bond donors (Lipinski definition) is 2. The first-order chi connectivity index (χ1) is 12.8. The van der Waals surface area contributed by atoms with E-state index in [2.05, 4.69) is 27.4 Å². The number of benzene rings is 2. The topological polar surface area (TPSA) is 57.8 Å². The van der Waals surface area contributed by atoms with Crippen molar-refractivity contribution in [3.05, 3.63) is 59.9 Å². The zero-order valence-corrected chi connectivity index (χ0v) is 15.0. The van der Waals surface area contributed by atoms with Crippen LogP contribution in [0.15, 0.2) is 48.5 Å². The number of carbonyl (C=O) groups is 1. The Kier molecular flexibility index (Phi) is 5.00. The minimum Gasteiger partial charge on any atom is -0.342 e. The van der Waals surface area contributed by atoms with Gasteiger partial charge < -0.3 is 10.3 Å². The van der Waals surface area contributed by atoms with Gasteiger partial charge in [-0.2, -0.15) is 0 Å². The van der Waals surface area contributed by atoms with Crippen molar-refractivity contribution in [1.82, 2.24) is 9.97 Å². The Hall–Kier alpha value is -2.62. The monoisotopic (exact) mass is 347 g/mol. The Bertz CT molecular complexity index is 860. The van der Waals surface area contributed by atoms with Crippen molar-refractivity contribution in [2.75, 3.05) is 5.32 Å². The van der Waals surface area contributed by atoms with Crippen LogP contribution in [0.25, 0.3) is 11.0 Å². The maximum absolute atomic E-state index is 12.2. The molecule has 2 N–H and O–H groups in total. The molecule has 1 aliphatic rings. The lowest BCUT2D eigenvalue weighted by Crippen LogP contribution is -2.15. The molecule has 1 aliphatic carbocycles. The second-order valence-electron chi connectivity index (χ2n) is 7.30. The van der Waals surface area contributed by atoms with E-state index >= 15 is 0 Å². The number of anilines is 1. The van der Waals surface area contributed by atoms with Crippen molar-refractivity contribution in [1.29, 1.82) is 0 Å². The molecule has 1 amide bonds. The first-order valence-electron chi connectivity index (χ1n) is 9.59. The summed E-state index contributed by atoms with van der Waals surface area (Å²) in [6.45, 7) is 0. The molecule has 4 rings (SSSR count). The van der Waals surface area contributed by atoms with E-state index in [-0.39, 0.29) is 5.91 Å². The first kappa shape index (κ1) is 16.8. The van der Waals surface area contributed by atoms with Crippen molar-refractivity contribution in [3.63, 3.8) is 0 Å². The summed E-state index contributed by atoms with van der Waals surface area (Å²) in [5, 5.41) is 3.07. The molecule has 0 saturated heterocycles. The predicted molar refractivity (Wildman–Crippen MR) is 105 cm³/mol. The molecule has 0 spiro atoms. The molecular formula is C22H25N3O. The Morgan fingerprint density at radius 1 is 1.08 bits per heavy atom. The van der Waals surface area contributed by atoms with Gasteiger partial charge in [-0.3, -0.25) is 4.79 Å². The Balaban J connectivity index is 1.35. The summed E-state index contributed by atoms with van der Waals surface area (Å²) in [5.41, 5.74) is 4.20. The van der Waals surface area contributed by atoms with Gasteiger partial charge in [0.2, 0.25) is 5.91 Å². The predicted octanol–water partition coefficient (Wildman–Crippen LogP) is 4.87. The van der Waals surface area contributed by atoms with Crippen molar-refractivity contribution in [2.24, 2.45) is 5.92 Å². The maximum atomic E-state index is 12.2. The summed E-state index contributed by atoms with van der Waals surface area (Å²) >= 11 is 0. The molecule has 0 aliphatic heterocycles. The molecule has 1 heterocycles. The van der Waals surface area contributed by atoms with Gasteiger partial charge in [-0.15, -0.1) is 0 Å². The lowest BCUT2D eigenvalue weighted by atomic mass is 10.0. The van der Waals surface area contributed by atoms with Gasteiger partial charge in [0.05, 0.1) is 11.0 Å². The van der Waals surface area contributed by atoms with E-state index in [1.165, 1.54) is 31.2 Å². The van der Waals surface area contributed by atoms with Gasteiger partial charge in [-0.05, 0) is 55.0 Å². The van der Waals surface area contributed by atoms with Crippen LogP contribution in [0.2, 0.25) is 0 Å². The van der Waals surface area contributed by atoms with E-state index < -0.39 is 0 Å². The van der Waals surface area contributed by atoms with Crippen LogP contribution < -0.4 is 5.32 Å².